The Labute approximate surface area is 77.3 Å². The van der Waals surface area contributed by atoms with Gasteiger partial charge in [-0.1, -0.05) is 0 Å². The van der Waals surface area contributed by atoms with E-state index in [2.05, 4.69) is 4.74 Å². The summed E-state index contributed by atoms with van der Waals surface area (Å²) in [5.41, 5.74) is 7.19. The van der Waals surface area contributed by atoms with Crippen LogP contribution in [0.4, 0.5) is 0 Å². The number of carbonyl (C=O) groups is 1. The lowest BCUT2D eigenvalue weighted by Crippen LogP contribution is -2.23. The van der Waals surface area contributed by atoms with Gasteiger partial charge in [-0.2, -0.15) is 0 Å². The molecule has 0 saturated heterocycles. The minimum absolute atomic E-state index is 0.117. The Morgan fingerprint density at radius 1 is 1.77 bits per heavy atom. The van der Waals surface area contributed by atoms with Gasteiger partial charge < -0.3 is 15.9 Å². The lowest BCUT2D eigenvalue weighted by atomic mass is 9.88. The van der Waals surface area contributed by atoms with Crippen LogP contribution in [0.25, 0.3) is 0 Å². The molecule has 1 aliphatic carbocycles. The molecule has 0 aromatic heterocycles. The van der Waals surface area contributed by atoms with E-state index in [1.165, 1.54) is 13.3 Å². The molecule has 0 saturated carbocycles. The van der Waals surface area contributed by atoms with Gasteiger partial charge >= 0.3 is 5.97 Å². The third-order valence-corrected chi connectivity index (χ3v) is 2.35. The van der Waals surface area contributed by atoms with Crippen molar-refractivity contribution in [2.24, 2.45) is 11.7 Å². The predicted octanol–water partition coefficient (Wildman–Crippen LogP) is 0.822. The fourth-order valence-electron chi connectivity index (χ4n) is 1.52. The Morgan fingerprint density at radius 2 is 2.46 bits per heavy atom. The number of hydrogen-bond donors (Lipinski definition) is 2. The van der Waals surface area contributed by atoms with E-state index >= 15 is 0 Å². The number of nitrogens with one attached hydrogen (secondary N) is 1. The number of hydrogen-bond acceptors (Lipinski definition) is 4. The van der Waals surface area contributed by atoms with Crippen molar-refractivity contribution in [1.82, 2.24) is 0 Å². The van der Waals surface area contributed by atoms with E-state index in [0.29, 0.717) is 18.5 Å². The van der Waals surface area contributed by atoms with Crippen molar-refractivity contribution in [3.63, 3.8) is 0 Å². The standard InChI is InChI=1S/C9H14N2O2/c1-13-9(12)6-2-3-7(5-10)8(11)4-6/h5-6,10H,2-4,11H2,1H3. The van der Waals surface area contributed by atoms with Crippen LogP contribution in [-0.4, -0.2) is 19.3 Å². The van der Waals surface area contributed by atoms with Gasteiger partial charge in [0.2, 0.25) is 0 Å². The average Bonchev–Trinajstić information content (AvgIpc) is 2.16. The summed E-state index contributed by atoms with van der Waals surface area (Å²) in [6.07, 6.45) is 3.23. The number of allylic oxidation sites excluding steroid dienone is 2. The molecule has 1 unspecified atom stereocenters. The SMILES string of the molecule is COC(=O)C1CCC(C=N)=C(N)C1. The quantitative estimate of drug-likeness (QED) is 0.490. The average molecular weight is 182 g/mol. The molecule has 1 atom stereocenters. The molecule has 72 valence electrons. The molecule has 0 aromatic carbocycles. The molecule has 0 fully saturated rings. The van der Waals surface area contributed by atoms with E-state index in [1.54, 1.807) is 0 Å². The first kappa shape index (κ1) is 9.77. The number of methoxy groups -OCH3 is 1. The molecule has 0 aromatic rings. The van der Waals surface area contributed by atoms with Gasteiger partial charge in [0, 0.05) is 18.3 Å². The second-order valence-electron chi connectivity index (χ2n) is 3.16. The molecule has 1 rings (SSSR count). The smallest absolute Gasteiger partial charge is 0.309 e. The summed E-state index contributed by atoms with van der Waals surface area (Å²) < 4.78 is 4.63. The molecule has 3 N–H and O–H groups in total. The van der Waals surface area contributed by atoms with Crippen LogP contribution in [0, 0.1) is 11.3 Å². The van der Waals surface area contributed by atoms with E-state index in [9.17, 15) is 4.79 Å². The summed E-state index contributed by atoms with van der Waals surface area (Å²) in [4.78, 5) is 11.1. The van der Waals surface area contributed by atoms with Crippen LogP contribution in [0.2, 0.25) is 0 Å². The third-order valence-electron chi connectivity index (χ3n) is 2.35. The fraction of sp³-hybridized carbons (Fsp3) is 0.556. The van der Waals surface area contributed by atoms with E-state index < -0.39 is 0 Å². The highest BCUT2D eigenvalue weighted by Crippen LogP contribution is 2.26. The Bertz CT molecular complexity index is 258. The van der Waals surface area contributed by atoms with Gasteiger partial charge in [0.05, 0.1) is 13.0 Å². The van der Waals surface area contributed by atoms with Crippen molar-refractivity contribution in [3.05, 3.63) is 11.3 Å². The van der Waals surface area contributed by atoms with Gasteiger partial charge in [0.1, 0.15) is 0 Å². The largest absolute Gasteiger partial charge is 0.469 e. The monoisotopic (exact) mass is 182 g/mol. The topological polar surface area (TPSA) is 76.2 Å². The van der Waals surface area contributed by atoms with Crippen molar-refractivity contribution < 1.29 is 9.53 Å². The zero-order valence-electron chi connectivity index (χ0n) is 7.67. The third kappa shape index (κ3) is 2.08. The normalized spacial score (nSPS) is 22.7. The summed E-state index contributed by atoms with van der Waals surface area (Å²) >= 11 is 0. The molecule has 4 heteroatoms. The Hall–Kier alpha value is -1.32. The molecule has 13 heavy (non-hydrogen) atoms. The number of ether oxygens (including phenoxy) is 1. The van der Waals surface area contributed by atoms with Crippen LogP contribution in [-0.2, 0) is 9.53 Å². The minimum Gasteiger partial charge on any atom is -0.469 e. The number of esters is 1. The predicted molar refractivity (Wildman–Crippen MR) is 49.4 cm³/mol. The number of rotatable bonds is 2. The maximum atomic E-state index is 11.1. The van der Waals surface area contributed by atoms with Crippen LogP contribution >= 0.6 is 0 Å². The van der Waals surface area contributed by atoms with Crippen LogP contribution in [0.5, 0.6) is 0 Å². The zero-order chi connectivity index (χ0) is 9.84. The first-order chi connectivity index (χ1) is 6.19. The van der Waals surface area contributed by atoms with E-state index in [-0.39, 0.29) is 11.9 Å². The molecule has 0 spiro atoms. The van der Waals surface area contributed by atoms with Crippen LogP contribution in [0.1, 0.15) is 19.3 Å². The Kier molecular flexibility index (Phi) is 3.06. The minimum atomic E-state index is -0.202. The lowest BCUT2D eigenvalue weighted by Gasteiger charge is -2.21. The maximum absolute atomic E-state index is 11.1. The molecule has 0 bridgehead atoms. The van der Waals surface area contributed by atoms with Crippen molar-refractivity contribution in [1.29, 1.82) is 5.41 Å². The van der Waals surface area contributed by atoms with Crippen LogP contribution in [0.15, 0.2) is 11.3 Å². The van der Waals surface area contributed by atoms with Gasteiger partial charge in [-0.15, -0.1) is 0 Å². The van der Waals surface area contributed by atoms with Crippen LogP contribution in [0.3, 0.4) is 0 Å². The first-order valence-electron chi connectivity index (χ1n) is 4.24. The van der Waals surface area contributed by atoms with Crippen molar-refractivity contribution >= 4 is 12.2 Å². The summed E-state index contributed by atoms with van der Waals surface area (Å²) in [6, 6.07) is 0. The summed E-state index contributed by atoms with van der Waals surface area (Å²) in [5.74, 6) is -0.319. The Morgan fingerprint density at radius 3 is 2.92 bits per heavy atom. The Balaban J connectivity index is 2.67. The number of carbonyl (C=O) groups excluding carboxylic acids is 1. The molecular weight excluding hydrogens is 168 g/mol. The van der Waals surface area contributed by atoms with Gasteiger partial charge in [-0.3, -0.25) is 4.79 Å². The van der Waals surface area contributed by atoms with Gasteiger partial charge in [-0.25, -0.2) is 0 Å². The highest BCUT2D eigenvalue weighted by atomic mass is 16.5. The van der Waals surface area contributed by atoms with Gasteiger partial charge in [0.15, 0.2) is 0 Å². The molecule has 0 radical (unpaired) electrons. The van der Waals surface area contributed by atoms with Crippen molar-refractivity contribution in [2.75, 3.05) is 7.11 Å². The molecule has 0 heterocycles. The van der Waals surface area contributed by atoms with E-state index in [1.807, 2.05) is 0 Å². The highest BCUT2D eigenvalue weighted by Gasteiger charge is 2.24. The highest BCUT2D eigenvalue weighted by molar-refractivity contribution is 5.79. The maximum Gasteiger partial charge on any atom is 0.309 e. The fourth-order valence-corrected chi connectivity index (χ4v) is 1.52. The van der Waals surface area contributed by atoms with Gasteiger partial charge in [-0.05, 0) is 18.4 Å². The number of nitrogens with two attached hydrogens (primary N) is 1. The lowest BCUT2D eigenvalue weighted by molar-refractivity contribution is -0.145. The molecular formula is C9H14N2O2. The second-order valence-corrected chi connectivity index (χ2v) is 3.16. The second kappa shape index (κ2) is 4.07. The molecule has 0 amide bonds. The first-order valence-corrected chi connectivity index (χ1v) is 4.24. The van der Waals surface area contributed by atoms with Crippen LogP contribution < -0.4 is 5.73 Å². The van der Waals surface area contributed by atoms with E-state index in [0.717, 1.165) is 12.0 Å². The molecule has 0 aliphatic heterocycles. The summed E-state index contributed by atoms with van der Waals surface area (Å²) in [5, 5.41) is 7.07. The van der Waals surface area contributed by atoms with E-state index in [4.69, 9.17) is 11.1 Å². The molecule has 4 nitrogen and oxygen atoms in total. The zero-order valence-corrected chi connectivity index (χ0v) is 7.67. The summed E-state index contributed by atoms with van der Waals surface area (Å²) in [6.45, 7) is 0. The van der Waals surface area contributed by atoms with Crippen molar-refractivity contribution in [2.45, 2.75) is 19.3 Å². The van der Waals surface area contributed by atoms with Gasteiger partial charge in [0.25, 0.3) is 0 Å². The summed E-state index contributed by atoms with van der Waals surface area (Å²) in [7, 11) is 1.38. The van der Waals surface area contributed by atoms with Crippen molar-refractivity contribution in [3.8, 4) is 0 Å². The molecule has 1 aliphatic rings.